The molecule has 1 saturated carbocycles. The van der Waals surface area contributed by atoms with E-state index >= 15 is 0 Å². The van der Waals surface area contributed by atoms with Gasteiger partial charge in [0, 0.05) is 5.02 Å². The third-order valence-corrected chi connectivity index (χ3v) is 4.22. The second kappa shape index (κ2) is 4.31. The predicted molar refractivity (Wildman–Crippen MR) is 69.1 cm³/mol. The molecule has 0 bridgehead atoms. The summed E-state index contributed by atoms with van der Waals surface area (Å²) in [4.78, 5) is 35.3. The first kappa shape index (κ1) is 13.1. The number of hydrogen-bond acceptors (Lipinski definition) is 4. The highest BCUT2D eigenvalue weighted by Gasteiger charge is 2.57. The summed E-state index contributed by atoms with van der Waals surface area (Å²) in [5.74, 6) is -4.12. The summed E-state index contributed by atoms with van der Waals surface area (Å²) in [6.45, 7) is 0. The van der Waals surface area contributed by atoms with E-state index in [1.165, 1.54) is 18.2 Å². The van der Waals surface area contributed by atoms with Gasteiger partial charge in [-0.3, -0.25) is 9.59 Å². The third-order valence-electron chi connectivity index (χ3n) is 3.98. The summed E-state index contributed by atoms with van der Waals surface area (Å²) >= 11 is 5.88. The summed E-state index contributed by atoms with van der Waals surface area (Å²) in [6.07, 6.45) is 1.79. The van der Waals surface area contributed by atoms with Crippen molar-refractivity contribution in [3.8, 4) is 5.75 Å². The average Bonchev–Trinajstić information content (AvgIpc) is 2.35. The van der Waals surface area contributed by atoms with Crippen molar-refractivity contribution in [2.75, 3.05) is 0 Å². The van der Waals surface area contributed by atoms with Gasteiger partial charge in [-0.15, -0.1) is 0 Å². The lowest BCUT2D eigenvalue weighted by molar-refractivity contribution is -0.156. The molecule has 1 aromatic carbocycles. The number of hydrogen-bond donors (Lipinski definition) is 1. The van der Waals surface area contributed by atoms with Crippen LogP contribution >= 0.6 is 11.6 Å². The van der Waals surface area contributed by atoms with Crippen molar-refractivity contribution in [1.29, 1.82) is 0 Å². The van der Waals surface area contributed by atoms with Crippen molar-refractivity contribution in [3.63, 3.8) is 0 Å². The number of carbonyl (C=O) groups is 3. The zero-order chi connectivity index (χ0) is 14.5. The van der Waals surface area contributed by atoms with Crippen LogP contribution in [0.25, 0.3) is 0 Å². The minimum Gasteiger partial charge on any atom is -0.485 e. The second-order valence-electron chi connectivity index (χ2n) is 5.13. The number of benzene rings is 1. The van der Waals surface area contributed by atoms with Crippen molar-refractivity contribution < 1.29 is 24.2 Å². The Labute approximate surface area is 119 Å². The predicted octanol–water partition coefficient (Wildman–Crippen LogP) is 2.11. The molecule has 1 spiro atoms. The van der Waals surface area contributed by atoms with Crippen LogP contribution in [0, 0.1) is 5.92 Å². The van der Waals surface area contributed by atoms with E-state index in [2.05, 4.69) is 0 Å². The molecule has 3 rings (SSSR count). The van der Waals surface area contributed by atoms with Crippen molar-refractivity contribution in [3.05, 3.63) is 28.8 Å². The van der Waals surface area contributed by atoms with Gasteiger partial charge in [0.05, 0.1) is 5.56 Å². The van der Waals surface area contributed by atoms with E-state index < -0.39 is 29.1 Å². The van der Waals surface area contributed by atoms with Crippen LogP contribution in [0.2, 0.25) is 5.02 Å². The first-order chi connectivity index (χ1) is 9.44. The van der Waals surface area contributed by atoms with Gasteiger partial charge < -0.3 is 9.84 Å². The first-order valence-electron chi connectivity index (χ1n) is 6.24. The van der Waals surface area contributed by atoms with Crippen LogP contribution < -0.4 is 4.74 Å². The summed E-state index contributed by atoms with van der Waals surface area (Å²) in [7, 11) is 0. The molecule has 0 amide bonds. The molecule has 2 aliphatic rings. The molecule has 1 aliphatic heterocycles. The number of ketones is 2. The number of ether oxygens (including phenoxy) is 1. The van der Waals surface area contributed by atoms with Crippen LogP contribution in [0.5, 0.6) is 5.75 Å². The van der Waals surface area contributed by atoms with Crippen LogP contribution in [0.15, 0.2) is 18.2 Å². The maximum Gasteiger partial charge on any atom is 0.373 e. The molecule has 6 heteroatoms. The summed E-state index contributed by atoms with van der Waals surface area (Å²) < 4.78 is 5.80. The highest BCUT2D eigenvalue weighted by Crippen LogP contribution is 2.49. The van der Waals surface area contributed by atoms with Gasteiger partial charge in [-0.25, -0.2) is 4.79 Å². The second-order valence-corrected chi connectivity index (χ2v) is 5.56. The molecule has 1 fully saturated rings. The standard InChI is InChI=1S/C14H11ClO5/c15-7-2-3-8-9(6-7)20-14(4-1-5-14)10(11(8)16)12(17)13(18)19/h2-3,6,10H,1,4-5H2,(H,18,19). The molecule has 0 aromatic heterocycles. The molecule has 0 radical (unpaired) electrons. The van der Waals surface area contributed by atoms with Gasteiger partial charge in [0.1, 0.15) is 17.3 Å². The van der Waals surface area contributed by atoms with E-state index in [1.54, 1.807) is 0 Å². The number of carboxylic acid groups (broad SMARTS) is 1. The molecule has 1 N–H and O–H groups in total. The fourth-order valence-electron chi connectivity index (χ4n) is 2.85. The number of rotatable bonds is 2. The van der Waals surface area contributed by atoms with E-state index in [9.17, 15) is 14.4 Å². The molecule has 0 saturated heterocycles. The van der Waals surface area contributed by atoms with E-state index in [0.717, 1.165) is 6.42 Å². The van der Waals surface area contributed by atoms with Gasteiger partial charge in [0.15, 0.2) is 5.78 Å². The Hall–Kier alpha value is -1.88. The van der Waals surface area contributed by atoms with E-state index in [0.29, 0.717) is 23.6 Å². The zero-order valence-electron chi connectivity index (χ0n) is 10.4. The maximum atomic E-state index is 12.5. The lowest BCUT2D eigenvalue weighted by Gasteiger charge is -2.48. The van der Waals surface area contributed by atoms with E-state index in [1.807, 2.05) is 0 Å². The number of aliphatic carboxylic acids is 1. The Bertz CT molecular complexity index is 632. The van der Waals surface area contributed by atoms with Gasteiger partial charge in [0.25, 0.3) is 5.78 Å². The van der Waals surface area contributed by atoms with Crippen molar-refractivity contribution >= 4 is 29.1 Å². The van der Waals surface area contributed by atoms with Crippen LogP contribution in [-0.2, 0) is 9.59 Å². The summed E-state index contributed by atoms with van der Waals surface area (Å²) in [6, 6.07) is 4.51. The molecular formula is C14H11ClO5. The number of Topliss-reactive ketones (excluding diaryl/α,β-unsaturated/α-hetero) is 2. The average molecular weight is 295 g/mol. The fourth-order valence-corrected chi connectivity index (χ4v) is 3.02. The molecule has 1 aromatic rings. The smallest absolute Gasteiger partial charge is 0.373 e. The molecule has 1 unspecified atom stereocenters. The molecule has 1 heterocycles. The molecule has 1 atom stereocenters. The lowest BCUT2D eigenvalue weighted by Crippen LogP contribution is -2.59. The van der Waals surface area contributed by atoms with Gasteiger partial charge in [-0.05, 0) is 37.5 Å². The summed E-state index contributed by atoms with van der Waals surface area (Å²) in [5.41, 5.74) is -0.795. The van der Waals surface area contributed by atoms with Crippen LogP contribution in [0.1, 0.15) is 29.6 Å². The number of halogens is 1. The van der Waals surface area contributed by atoms with Crippen molar-refractivity contribution in [2.45, 2.75) is 24.9 Å². The van der Waals surface area contributed by atoms with Gasteiger partial charge in [0.2, 0.25) is 0 Å². The Balaban J connectivity index is 2.11. The minimum absolute atomic E-state index is 0.214. The van der Waals surface area contributed by atoms with Crippen LogP contribution in [-0.4, -0.2) is 28.2 Å². The highest BCUT2D eigenvalue weighted by atomic mass is 35.5. The molecule has 5 nitrogen and oxygen atoms in total. The Morgan fingerprint density at radius 3 is 2.60 bits per heavy atom. The Morgan fingerprint density at radius 1 is 1.35 bits per heavy atom. The number of fused-ring (bicyclic) bond motifs is 1. The first-order valence-corrected chi connectivity index (χ1v) is 6.62. The lowest BCUT2D eigenvalue weighted by atomic mass is 9.65. The minimum atomic E-state index is -1.60. The summed E-state index contributed by atoms with van der Waals surface area (Å²) in [5, 5.41) is 9.34. The normalized spacial score (nSPS) is 22.6. The zero-order valence-corrected chi connectivity index (χ0v) is 11.1. The van der Waals surface area contributed by atoms with Gasteiger partial charge >= 0.3 is 5.97 Å². The Morgan fingerprint density at radius 2 is 2.05 bits per heavy atom. The molecule has 1 aliphatic carbocycles. The topological polar surface area (TPSA) is 80.7 Å². The Kier molecular flexibility index (Phi) is 2.83. The molecule has 20 heavy (non-hydrogen) atoms. The van der Waals surface area contributed by atoms with Crippen molar-refractivity contribution in [2.24, 2.45) is 5.92 Å². The van der Waals surface area contributed by atoms with E-state index in [4.69, 9.17) is 21.4 Å². The quantitative estimate of drug-likeness (QED) is 0.667. The van der Waals surface area contributed by atoms with Crippen LogP contribution in [0.3, 0.4) is 0 Å². The largest absolute Gasteiger partial charge is 0.485 e. The fraction of sp³-hybridized carbons (Fsp3) is 0.357. The number of carboxylic acids is 1. The maximum absolute atomic E-state index is 12.5. The number of carbonyl (C=O) groups excluding carboxylic acids is 2. The third kappa shape index (κ3) is 1.73. The van der Waals surface area contributed by atoms with Gasteiger partial charge in [-0.1, -0.05) is 11.6 Å². The van der Waals surface area contributed by atoms with E-state index in [-0.39, 0.29) is 5.56 Å². The van der Waals surface area contributed by atoms with Crippen molar-refractivity contribution in [1.82, 2.24) is 0 Å². The van der Waals surface area contributed by atoms with Crippen LogP contribution in [0.4, 0.5) is 0 Å². The SMILES string of the molecule is O=C(O)C(=O)C1C(=O)c2ccc(Cl)cc2OC12CCC2. The molecule has 104 valence electrons. The highest BCUT2D eigenvalue weighted by molar-refractivity contribution is 6.39. The monoisotopic (exact) mass is 294 g/mol. The van der Waals surface area contributed by atoms with Gasteiger partial charge in [-0.2, -0.15) is 0 Å². The molecular weight excluding hydrogens is 284 g/mol.